The highest BCUT2D eigenvalue weighted by Gasteiger charge is 2.25. The van der Waals surface area contributed by atoms with Crippen molar-refractivity contribution in [2.45, 2.75) is 57.0 Å². The fourth-order valence-electron chi connectivity index (χ4n) is 2.83. The summed E-state index contributed by atoms with van der Waals surface area (Å²) in [6.45, 7) is 10.9. The van der Waals surface area contributed by atoms with Crippen LogP contribution >= 0.6 is 35.3 Å². The molecule has 1 aromatic heterocycles. The number of benzene rings is 1. The second kappa shape index (κ2) is 10.9. The molecule has 168 valence electrons. The van der Waals surface area contributed by atoms with Crippen LogP contribution in [0.25, 0.3) is 0 Å². The first-order valence-electron chi connectivity index (χ1n) is 9.55. The minimum Gasteiger partial charge on any atom is -0.356 e. The predicted molar refractivity (Wildman–Crippen MR) is 137 cm³/mol. The van der Waals surface area contributed by atoms with Crippen LogP contribution < -0.4 is 15.4 Å². The summed E-state index contributed by atoms with van der Waals surface area (Å²) in [5.74, 6) is 0.630. The lowest BCUT2D eigenvalue weighted by Crippen LogP contribution is -2.43. The lowest BCUT2D eigenvalue weighted by molar-refractivity contribution is 0.491. The molecule has 3 N–H and O–H groups in total. The van der Waals surface area contributed by atoms with Crippen LogP contribution in [0.3, 0.4) is 0 Å². The summed E-state index contributed by atoms with van der Waals surface area (Å²) in [5.41, 5.74) is 0.0956. The fourth-order valence-corrected chi connectivity index (χ4v) is 5.34. The fraction of sp³-hybridized carbons (Fsp3) is 0.476. The molecule has 0 bridgehead atoms. The Hall–Kier alpha value is -1.17. The first-order chi connectivity index (χ1) is 13.4. The van der Waals surface area contributed by atoms with E-state index in [1.807, 2.05) is 32.9 Å². The van der Waals surface area contributed by atoms with E-state index >= 15 is 0 Å². The van der Waals surface area contributed by atoms with E-state index in [2.05, 4.69) is 51.7 Å². The van der Waals surface area contributed by atoms with Crippen molar-refractivity contribution in [1.82, 2.24) is 15.4 Å². The molecule has 6 nitrogen and oxygen atoms in total. The average molecular weight is 565 g/mol. The highest BCUT2D eigenvalue weighted by atomic mass is 127. The van der Waals surface area contributed by atoms with Crippen LogP contribution in [0.5, 0.6) is 0 Å². The van der Waals surface area contributed by atoms with Crippen molar-refractivity contribution >= 4 is 51.3 Å². The summed E-state index contributed by atoms with van der Waals surface area (Å²) in [6.07, 6.45) is 0. The molecule has 0 spiro atoms. The van der Waals surface area contributed by atoms with Gasteiger partial charge in [0.2, 0.25) is 10.0 Å². The van der Waals surface area contributed by atoms with E-state index < -0.39 is 15.6 Å². The molecule has 2 aromatic rings. The Morgan fingerprint density at radius 3 is 2.27 bits per heavy atom. The topological polar surface area (TPSA) is 82.6 Å². The summed E-state index contributed by atoms with van der Waals surface area (Å²) >= 11 is 1.73. The molecule has 0 aliphatic carbocycles. The van der Waals surface area contributed by atoms with Gasteiger partial charge in [0.15, 0.2) is 5.96 Å². The maximum Gasteiger partial charge on any atom is 0.241 e. The van der Waals surface area contributed by atoms with Crippen molar-refractivity contribution in [2.75, 3.05) is 13.6 Å². The third-order valence-corrected chi connectivity index (χ3v) is 7.35. The lowest BCUT2D eigenvalue weighted by Gasteiger charge is -2.25. The Morgan fingerprint density at radius 1 is 1.03 bits per heavy atom. The summed E-state index contributed by atoms with van der Waals surface area (Å²) < 4.78 is 28.3. The number of guanidine groups is 1. The van der Waals surface area contributed by atoms with Gasteiger partial charge < -0.3 is 10.6 Å². The SMILES string of the molecule is CN=C(NCc1ccccc1S(=O)(=O)NC(C)(C)C)NCC(C)(C)c1cccs1.I. The molecule has 1 aromatic carbocycles. The van der Waals surface area contributed by atoms with Crippen LogP contribution in [-0.2, 0) is 22.0 Å². The molecule has 0 saturated heterocycles. The van der Waals surface area contributed by atoms with E-state index in [1.54, 1.807) is 30.5 Å². The number of hydrogen-bond donors (Lipinski definition) is 3. The van der Waals surface area contributed by atoms with Crippen LogP contribution in [-0.4, -0.2) is 33.5 Å². The molecule has 0 radical (unpaired) electrons. The van der Waals surface area contributed by atoms with Gasteiger partial charge in [-0.15, -0.1) is 35.3 Å². The normalized spacial score (nSPS) is 12.9. The van der Waals surface area contributed by atoms with E-state index in [0.29, 0.717) is 24.6 Å². The molecular formula is C21H33IN4O2S2. The quantitative estimate of drug-likeness (QED) is 0.269. The maximum atomic E-state index is 12.8. The molecular weight excluding hydrogens is 531 g/mol. The molecule has 0 aliphatic rings. The predicted octanol–water partition coefficient (Wildman–Crippen LogP) is 4.09. The summed E-state index contributed by atoms with van der Waals surface area (Å²) in [5, 5.41) is 8.65. The van der Waals surface area contributed by atoms with Crippen molar-refractivity contribution in [3.05, 3.63) is 52.2 Å². The Kier molecular flexibility index (Phi) is 9.78. The van der Waals surface area contributed by atoms with E-state index in [1.165, 1.54) is 4.88 Å². The smallest absolute Gasteiger partial charge is 0.241 e. The van der Waals surface area contributed by atoms with Crippen molar-refractivity contribution in [1.29, 1.82) is 0 Å². The molecule has 30 heavy (non-hydrogen) atoms. The lowest BCUT2D eigenvalue weighted by atomic mass is 9.91. The van der Waals surface area contributed by atoms with Crippen LogP contribution in [0.15, 0.2) is 51.7 Å². The van der Waals surface area contributed by atoms with Crippen LogP contribution in [0.4, 0.5) is 0 Å². The largest absolute Gasteiger partial charge is 0.356 e. The summed E-state index contributed by atoms with van der Waals surface area (Å²) in [4.78, 5) is 5.84. The molecule has 1 heterocycles. The second-order valence-corrected chi connectivity index (χ2v) is 11.2. The molecule has 2 rings (SSSR count). The van der Waals surface area contributed by atoms with Gasteiger partial charge in [0.25, 0.3) is 0 Å². The Morgan fingerprint density at radius 2 is 1.70 bits per heavy atom. The average Bonchev–Trinajstić information content (AvgIpc) is 3.16. The molecule has 0 atom stereocenters. The molecule has 0 saturated carbocycles. The minimum atomic E-state index is -3.62. The molecule has 9 heteroatoms. The molecule has 0 unspecified atom stereocenters. The van der Waals surface area contributed by atoms with E-state index in [0.717, 1.165) is 0 Å². The van der Waals surface area contributed by atoms with E-state index in [4.69, 9.17) is 0 Å². The van der Waals surface area contributed by atoms with Gasteiger partial charge in [0.05, 0.1) is 4.90 Å². The number of hydrogen-bond acceptors (Lipinski definition) is 4. The van der Waals surface area contributed by atoms with Crippen molar-refractivity contribution in [3.63, 3.8) is 0 Å². The van der Waals surface area contributed by atoms with Crippen molar-refractivity contribution in [2.24, 2.45) is 4.99 Å². The van der Waals surface area contributed by atoms with Crippen LogP contribution in [0.1, 0.15) is 45.1 Å². The third-order valence-electron chi connectivity index (χ3n) is 4.26. The number of sulfonamides is 1. The number of halogens is 1. The molecule has 0 amide bonds. The first kappa shape index (κ1) is 26.9. The first-order valence-corrected chi connectivity index (χ1v) is 11.9. The zero-order chi connectivity index (χ0) is 21.7. The number of nitrogens with zero attached hydrogens (tertiary/aromatic N) is 1. The number of aliphatic imine (C=N–C) groups is 1. The van der Waals surface area contributed by atoms with Gasteiger partial charge in [0, 0.05) is 36.0 Å². The second-order valence-electron chi connectivity index (χ2n) is 8.60. The van der Waals surface area contributed by atoms with Gasteiger partial charge in [-0.05, 0) is 43.8 Å². The van der Waals surface area contributed by atoms with Gasteiger partial charge in [-0.3, -0.25) is 4.99 Å². The Labute approximate surface area is 202 Å². The number of rotatable bonds is 7. The van der Waals surface area contributed by atoms with Gasteiger partial charge in [-0.25, -0.2) is 13.1 Å². The van der Waals surface area contributed by atoms with E-state index in [9.17, 15) is 8.42 Å². The van der Waals surface area contributed by atoms with Crippen LogP contribution in [0.2, 0.25) is 0 Å². The van der Waals surface area contributed by atoms with Gasteiger partial charge in [-0.1, -0.05) is 38.1 Å². The van der Waals surface area contributed by atoms with Crippen LogP contribution in [0, 0.1) is 0 Å². The summed E-state index contributed by atoms with van der Waals surface area (Å²) in [7, 11) is -1.91. The standard InChI is InChI=1S/C21H32N4O2S2.HI/c1-20(2,3)25-29(26,27)17-11-8-7-10-16(17)14-23-19(22-6)24-15-21(4,5)18-12-9-13-28-18;/h7-13,25H,14-15H2,1-6H3,(H2,22,23,24);1H. The number of thiophene rings is 1. The number of nitrogens with one attached hydrogen (secondary N) is 3. The molecule has 0 fully saturated rings. The highest BCUT2D eigenvalue weighted by Crippen LogP contribution is 2.26. The summed E-state index contributed by atoms with van der Waals surface area (Å²) in [6, 6.07) is 11.2. The van der Waals surface area contributed by atoms with Gasteiger partial charge in [0.1, 0.15) is 0 Å². The molecule has 0 aliphatic heterocycles. The third kappa shape index (κ3) is 7.82. The van der Waals surface area contributed by atoms with Gasteiger partial charge >= 0.3 is 0 Å². The Balaban J connectivity index is 0.00000450. The zero-order valence-corrected chi connectivity index (χ0v) is 22.4. The zero-order valence-electron chi connectivity index (χ0n) is 18.4. The van der Waals surface area contributed by atoms with Gasteiger partial charge in [-0.2, -0.15) is 0 Å². The monoisotopic (exact) mass is 564 g/mol. The Bertz CT molecular complexity index is 934. The minimum absolute atomic E-state index is 0. The maximum absolute atomic E-state index is 12.8. The van der Waals surface area contributed by atoms with Crippen molar-refractivity contribution < 1.29 is 8.42 Å². The van der Waals surface area contributed by atoms with E-state index in [-0.39, 0.29) is 34.3 Å². The highest BCUT2D eigenvalue weighted by molar-refractivity contribution is 14.0. The van der Waals surface area contributed by atoms with Crippen molar-refractivity contribution in [3.8, 4) is 0 Å².